The third-order valence-corrected chi connectivity index (χ3v) is 8.97. The Hall–Kier alpha value is -3.96. The first-order chi connectivity index (χ1) is 18.6. The molecule has 0 spiro atoms. The number of rotatable bonds is 7. The molecular formula is C28H31N5O5S. The number of nitrogens with zero attached hydrogens (tertiary/aromatic N) is 4. The van der Waals surface area contributed by atoms with Crippen LogP contribution in [0.2, 0.25) is 0 Å². The standard InChI is InChI=1S/C28H31N5O5S/c1-17-8-9-20(15-24(17)39(35,36)32-12-6-7-13-32)25-26(31-33-19(3)14-18(2)29-27(25)33)28(34)30-22-11-10-21(37-4)16-23(22)38-5/h8-11,14-16H,6-7,12-13H2,1-5H3,(H,30,34). The van der Waals surface area contributed by atoms with Crippen molar-refractivity contribution in [1.29, 1.82) is 0 Å². The minimum absolute atomic E-state index is 0.113. The molecule has 0 bridgehead atoms. The van der Waals surface area contributed by atoms with Gasteiger partial charge < -0.3 is 14.8 Å². The minimum atomic E-state index is -3.69. The smallest absolute Gasteiger partial charge is 0.277 e. The highest BCUT2D eigenvalue weighted by atomic mass is 32.2. The van der Waals surface area contributed by atoms with Gasteiger partial charge in [-0.15, -0.1) is 0 Å². The molecule has 1 aliphatic heterocycles. The second-order valence-corrected chi connectivity index (χ2v) is 11.5. The molecule has 2 aromatic heterocycles. The van der Waals surface area contributed by atoms with Crippen molar-refractivity contribution in [3.05, 3.63) is 65.1 Å². The number of methoxy groups -OCH3 is 2. The molecular weight excluding hydrogens is 518 g/mol. The number of hydrogen-bond donors (Lipinski definition) is 1. The maximum Gasteiger partial charge on any atom is 0.277 e. The van der Waals surface area contributed by atoms with E-state index in [9.17, 15) is 13.2 Å². The zero-order valence-electron chi connectivity index (χ0n) is 22.6. The van der Waals surface area contributed by atoms with Gasteiger partial charge in [0.2, 0.25) is 10.0 Å². The fraction of sp³-hybridized carbons (Fsp3) is 0.321. The molecule has 1 fully saturated rings. The molecule has 4 aromatic rings. The minimum Gasteiger partial charge on any atom is -0.497 e. The number of amides is 1. The van der Waals surface area contributed by atoms with Crippen LogP contribution in [0.4, 0.5) is 5.69 Å². The molecule has 5 rings (SSSR count). The first kappa shape index (κ1) is 26.6. The molecule has 1 aliphatic rings. The van der Waals surface area contributed by atoms with Crippen molar-refractivity contribution in [2.75, 3.05) is 32.6 Å². The molecule has 1 N–H and O–H groups in total. The Morgan fingerprint density at radius 3 is 2.41 bits per heavy atom. The van der Waals surface area contributed by atoms with Crippen LogP contribution in [0.1, 0.15) is 40.3 Å². The van der Waals surface area contributed by atoms with Gasteiger partial charge in [0.15, 0.2) is 11.3 Å². The monoisotopic (exact) mass is 549 g/mol. The van der Waals surface area contributed by atoms with Crippen LogP contribution in [-0.2, 0) is 10.0 Å². The van der Waals surface area contributed by atoms with Gasteiger partial charge in [-0.1, -0.05) is 12.1 Å². The van der Waals surface area contributed by atoms with Gasteiger partial charge in [-0.3, -0.25) is 4.79 Å². The van der Waals surface area contributed by atoms with Crippen molar-refractivity contribution in [3.63, 3.8) is 0 Å². The lowest BCUT2D eigenvalue weighted by atomic mass is 10.0. The van der Waals surface area contributed by atoms with Crippen molar-refractivity contribution < 1.29 is 22.7 Å². The zero-order valence-corrected chi connectivity index (χ0v) is 23.4. The summed E-state index contributed by atoms with van der Waals surface area (Å²) in [5.74, 6) is 0.521. The Balaban J connectivity index is 1.67. The van der Waals surface area contributed by atoms with Crippen LogP contribution in [0.25, 0.3) is 16.8 Å². The Bertz CT molecular complexity index is 1690. The van der Waals surface area contributed by atoms with E-state index in [-0.39, 0.29) is 10.6 Å². The van der Waals surface area contributed by atoms with Crippen LogP contribution >= 0.6 is 0 Å². The molecule has 0 atom stereocenters. The third-order valence-electron chi connectivity index (χ3n) is 6.93. The van der Waals surface area contributed by atoms with Crippen LogP contribution in [0.3, 0.4) is 0 Å². The maximum absolute atomic E-state index is 13.7. The van der Waals surface area contributed by atoms with Crippen molar-refractivity contribution in [3.8, 4) is 22.6 Å². The Morgan fingerprint density at radius 1 is 0.974 bits per heavy atom. The highest BCUT2D eigenvalue weighted by Crippen LogP contribution is 2.35. The predicted octanol–water partition coefficient (Wildman–Crippen LogP) is 4.38. The summed E-state index contributed by atoms with van der Waals surface area (Å²) >= 11 is 0. The second-order valence-electron chi connectivity index (χ2n) is 9.61. The normalized spacial score (nSPS) is 14.1. The number of ether oxygens (including phenoxy) is 2. The molecule has 11 heteroatoms. The number of benzene rings is 2. The van der Waals surface area contributed by atoms with E-state index in [1.54, 1.807) is 54.9 Å². The van der Waals surface area contributed by atoms with Gasteiger partial charge >= 0.3 is 0 Å². The van der Waals surface area contributed by atoms with E-state index in [1.807, 2.05) is 19.9 Å². The molecule has 1 saturated heterocycles. The van der Waals surface area contributed by atoms with Gasteiger partial charge in [0, 0.05) is 30.5 Å². The number of hydrogen-bond acceptors (Lipinski definition) is 7. The van der Waals surface area contributed by atoms with Crippen LogP contribution in [0, 0.1) is 20.8 Å². The summed E-state index contributed by atoms with van der Waals surface area (Å²) in [6.07, 6.45) is 1.68. The van der Waals surface area contributed by atoms with Crippen molar-refractivity contribution in [1.82, 2.24) is 18.9 Å². The number of anilines is 1. The van der Waals surface area contributed by atoms with E-state index < -0.39 is 15.9 Å². The van der Waals surface area contributed by atoms with E-state index >= 15 is 0 Å². The molecule has 0 radical (unpaired) electrons. The molecule has 0 aliphatic carbocycles. The lowest BCUT2D eigenvalue weighted by molar-refractivity contribution is 0.102. The lowest BCUT2D eigenvalue weighted by Crippen LogP contribution is -2.28. The Labute approximate surface area is 227 Å². The Kier molecular flexibility index (Phi) is 7.04. The average molecular weight is 550 g/mol. The summed E-state index contributed by atoms with van der Waals surface area (Å²) in [5.41, 5.74) is 4.18. The van der Waals surface area contributed by atoms with Gasteiger partial charge in [0.25, 0.3) is 5.91 Å². The fourth-order valence-electron chi connectivity index (χ4n) is 4.93. The molecule has 3 heterocycles. The summed E-state index contributed by atoms with van der Waals surface area (Å²) in [6.45, 7) is 6.52. The number of fused-ring (bicyclic) bond motifs is 1. The number of aryl methyl sites for hydroxylation is 3. The van der Waals surface area contributed by atoms with Crippen LogP contribution in [0.15, 0.2) is 47.4 Å². The highest BCUT2D eigenvalue weighted by Gasteiger charge is 2.30. The first-order valence-corrected chi connectivity index (χ1v) is 14.1. The summed E-state index contributed by atoms with van der Waals surface area (Å²) in [5, 5.41) is 7.51. The van der Waals surface area contributed by atoms with Crippen LogP contribution in [0.5, 0.6) is 11.5 Å². The molecule has 1 amide bonds. The summed E-state index contributed by atoms with van der Waals surface area (Å²) < 4.78 is 40.9. The topological polar surface area (TPSA) is 115 Å². The van der Waals surface area contributed by atoms with Crippen LogP contribution in [-0.4, -0.2) is 60.5 Å². The molecule has 2 aromatic carbocycles. The fourth-order valence-corrected chi connectivity index (χ4v) is 6.70. The third kappa shape index (κ3) is 4.83. The molecule has 0 saturated carbocycles. The van der Waals surface area contributed by atoms with Gasteiger partial charge in [-0.05, 0) is 69.0 Å². The van der Waals surface area contributed by atoms with Crippen molar-refractivity contribution >= 4 is 27.3 Å². The number of aromatic nitrogens is 3. The number of carbonyl (C=O) groups is 1. The molecule has 39 heavy (non-hydrogen) atoms. The van der Waals surface area contributed by atoms with Crippen molar-refractivity contribution in [2.45, 2.75) is 38.5 Å². The lowest BCUT2D eigenvalue weighted by Gasteiger charge is -2.18. The maximum atomic E-state index is 13.7. The van der Waals surface area contributed by atoms with E-state index in [2.05, 4.69) is 10.4 Å². The van der Waals surface area contributed by atoms with E-state index in [0.29, 0.717) is 52.6 Å². The Morgan fingerprint density at radius 2 is 1.72 bits per heavy atom. The van der Waals surface area contributed by atoms with Gasteiger partial charge in [-0.2, -0.15) is 9.40 Å². The largest absolute Gasteiger partial charge is 0.497 e. The molecule has 10 nitrogen and oxygen atoms in total. The number of carbonyl (C=O) groups excluding carboxylic acids is 1. The van der Waals surface area contributed by atoms with E-state index in [0.717, 1.165) is 24.2 Å². The quantitative estimate of drug-likeness (QED) is 0.364. The summed E-state index contributed by atoms with van der Waals surface area (Å²) in [7, 11) is -0.639. The number of sulfonamides is 1. The highest BCUT2D eigenvalue weighted by molar-refractivity contribution is 7.89. The molecule has 204 valence electrons. The molecule has 0 unspecified atom stereocenters. The van der Waals surface area contributed by atoms with Gasteiger partial charge in [-0.25, -0.2) is 17.9 Å². The SMILES string of the molecule is COc1ccc(NC(=O)c2nn3c(C)cc(C)nc3c2-c2ccc(C)c(S(=O)(=O)N3CCCC3)c2)c(OC)c1. The zero-order chi connectivity index (χ0) is 27.9. The predicted molar refractivity (Wildman–Crippen MR) is 148 cm³/mol. The van der Waals surface area contributed by atoms with E-state index in [1.165, 1.54) is 11.4 Å². The number of nitrogens with one attached hydrogen (secondary N) is 1. The second kappa shape index (κ2) is 10.3. The van der Waals surface area contributed by atoms with Crippen LogP contribution < -0.4 is 14.8 Å². The summed E-state index contributed by atoms with van der Waals surface area (Å²) in [6, 6.07) is 12.1. The van der Waals surface area contributed by atoms with E-state index in [4.69, 9.17) is 14.5 Å². The summed E-state index contributed by atoms with van der Waals surface area (Å²) in [4.78, 5) is 18.6. The van der Waals surface area contributed by atoms with Gasteiger partial charge in [0.05, 0.1) is 30.4 Å². The first-order valence-electron chi connectivity index (χ1n) is 12.7. The average Bonchev–Trinajstić information content (AvgIpc) is 3.58. The van der Waals surface area contributed by atoms with Crippen molar-refractivity contribution in [2.24, 2.45) is 0 Å². The van der Waals surface area contributed by atoms with Gasteiger partial charge in [0.1, 0.15) is 11.5 Å².